The van der Waals surface area contributed by atoms with Crippen molar-refractivity contribution >= 4 is 34.7 Å². The number of hydrogen-bond acceptors (Lipinski definition) is 2. The van der Waals surface area contributed by atoms with E-state index in [0.29, 0.717) is 27.5 Å². The van der Waals surface area contributed by atoms with Crippen molar-refractivity contribution in [1.82, 2.24) is 0 Å². The van der Waals surface area contributed by atoms with Gasteiger partial charge in [0.2, 0.25) is 0 Å². The Labute approximate surface area is 177 Å². The molecule has 1 aliphatic carbocycles. The Morgan fingerprint density at radius 1 is 1.00 bits per heavy atom. The van der Waals surface area contributed by atoms with Crippen LogP contribution < -0.4 is 11.5 Å². The molecule has 0 unspecified atom stereocenters. The second kappa shape index (κ2) is 8.59. The molecule has 0 bridgehead atoms. The number of aliphatic imine (C=N–C) groups is 1. The molecule has 0 saturated heterocycles. The van der Waals surface area contributed by atoms with Crippen LogP contribution in [0.4, 0.5) is 0 Å². The highest BCUT2D eigenvalue weighted by atomic mass is 35.5. The van der Waals surface area contributed by atoms with Crippen LogP contribution in [-0.2, 0) is 5.41 Å². The number of benzene rings is 2. The van der Waals surface area contributed by atoms with Crippen LogP contribution in [0.3, 0.4) is 0 Å². The lowest BCUT2D eigenvalue weighted by atomic mass is 9.74. The summed E-state index contributed by atoms with van der Waals surface area (Å²) >= 11 is 12.5. The van der Waals surface area contributed by atoms with E-state index in [1.54, 1.807) is 0 Å². The zero-order chi connectivity index (χ0) is 20.3. The summed E-state index contributed by atoms with van der Waals surface area (Å²) in [5.74, 6) is 0.933. The van der Waals surface area contributed by atoms with Gasteiger partial charge in [0.1, 0.15) is 5.84 Å². The average Bonchev–Trinajstić information content (AvgIpc) is 3.54. The van der Waals surface area contributed by atoms with E-state index >= 15 is 0 Å². The summed E-state index contributed by atoms with van der Waals surface area (Å²) in [5, 5.41) is 1.34. The van der Waals surface area contributed by atoms with Crippen LogP contribution in [0.15, 0.2) is 59.2 Å². The SMILES string of the molecule is CCC(CC)(C(N)=N/C(=C(\N)c1ccccc1Cl)C1CC1)c1ccc(Cl)cc1. The van der Waals surface area contributed by atoms with Crippen molar-refractivity contribution in [2.45, 2.75) is 44.9 Å². The van der Waals surface area contributed by atoms with E-state index in [1.807, 2.05) is 48.5 Å². The van der Waals surface area contributed by atoms with Crippen molar-refractivity contribution < 1.29 is 0 Å². The number of halogens is 2. The molecule has 3 nitrogen and oxygen atoms in total. The first kappa shape index (κ1) is 20.8. The molecule has 0 radical (unpaired) electrons. The molecule has 0 heterocycles. The third-order valence-corrected chi connectivity index (χ3v) is 6.32. The molecule has 28 heavy (non-hydrogen) atoms. The van der Waals surface area contributed by atoms with Gasteiger partial charge in [0.05, 0.1) is 16.8 Å². The summed E-state index contributed by atoms with van der Waals surface area (Å²) in [6.45, 7) is 4.27. The molecular formula is C23H27Cl2N3. The van der Waals surface area contributed by atoms with Gasteiger partial charge in [-0.25, -0.2) is 4.99 Å². The van der Waals surface area contributed by atoms with Gasteiger partial charge in [-0.3, -0.25) is 0 Å². The van der Waals surface area contributed by atoms with Crippen molar-refractivity contribution in [1.29, 1.82) is 0 Å². The Morgan fingerprint density at radius 3 is 2.14 bits per heavy atom. The molecule has 0 aromatic heterocycles. The first-order valence-corrected chi connectivity index (χ1v) is 10.5. The largest absolute Gasteiger partial charge is 0.397 e. The third-order valence-electron chi connectivity index (χ3n) is 5.74. The van der Waals surface area contributed by atoms with Gasteiger partial charge in [-0.15, -0.1) is 0 Å². The van der Waals surface area contributed by atoms with Crippen molar-refractivity contribution in [3.63, 3.8) is 0 Å². The number of allylic oxidation sites excluding steroid dienone is 1. The van der Waals surface area contributed by atoms with Crippen LogP contribution in [0.5, 0.6) is 0 Å². The topological polar surface area (TPSA) is 64.4 Å². The molecule has 2 aromatic carbocycles. The van der Waals surface area contributed by atoms with Gasteiger partial charge in [0.15, 0.2) is 0 Å². The highest BCUT2D eigenvalue weighted by Gasteiger charge is 2.35. The highest BCUT2D eigenvalue weighted by molar-refractivity contribution is 6.32. The zero-order valence-electron chi connectivity index (χ0n) is 16.4. The summed E-state index contributed by atoms with van der Waals surface area (Å²) in [7, 11) is 0. The first-order chi connectivity index (χ1) is 13.4. The van der Waals surface area contributed by atoms with E-state index in [-0.39, 0.29) is 5.41 Å². The van der Waals surface area contributed by atoms with Crippen LogP contribution in [0.1, 0.15) is 50.7 Å². The summed E-state index contributed by atoms with van der Waals surface area (Å²) < 4.78 is 0. The third kappa shape index (κ3) is 4.06. The van der Waals surface area contributed by atoms with E-state index in [2.05, 4.69) is 13.8 Å². The van der Waals surface area contributed by atoms with Crippen LogP contribution in [-0.4, -0.2) is 5.84 Å². The molecule has 1 fully saturated rings. The molecule has 3 rings (SSSR count). The molecule has 5 heteroatoms. The minimum absolute atomic E-state index is 0.339. The fourth-order valence-corrected chi connectivity index (χ4v) is 4.08. The maximum atomic E-state index is 6.66. The summed E-state index contributed by atoms with van der Waals surface area (Å²) in [6.07, 6.45) is 3.82. The van der Waals surface area contributed by atoms with Crippen LogP contribution >= 0.6 is 23.2 Å². The van der Waals surface area contributed by atoms with Crippen LogP contribution in [0.2, 0.25) is 10.0 Å². The minimum Gasteiger partial charge on any atom is -0.397 e. The molecule has 0 atom stereocenters. The van der Waals surface area contributed by atoms with Crippen molar-refractivity contribution in [3.8, 4) is 0 Å². The maximum absolute atomic E-state index is 6.66. The van der Waals surface area contributed by atoms with Gasteiger partial charge < -0.3 is 11.5 Å². The molecule has 148 valence electrons. The fourth-order valence-electron chi connectivity index (χ4n) is 3.72. The zero-order valence-corrected chi connectivity index (χ0v) is 17.9. The number of amidine groups is 1. The Kier molecular flexibility index (Phi) is 6.36. The van der Waals surface area contributed by atoms with Gasteiger partial charge in [-0.1, -0.05) is 67.4 Å². The number of nitrogens with zero attached hydrogens (tertiary/aromatic N) is 1. The molecule has 1 saturated carbocycles. The van der Waals surface area contributed by atoms with Crippen molar-refractivity contribution in [3.05, 3.63) is 75.4 Å². The number of hydrogen-bond donors (Lipinski definition) is 2. The normalized spacial score (nSPS) is 16.1. The number of rotatable bonds is 7. The second-order valence-corrected chi connectivity index (χ2v) is 8.19. The van der Waals surface area contributed by atoms with Gasteiger partial charge in [-0.05, 0) is 49.4 Å². The van der Waals surface area contributed by atoms with Crippen molar-refractivity contribution in [2.24, 2.45) is 22.4 Å². The first-order valence-electron chi connectivity index (χ1n) is 9.78. The van der Waals surface area contributed by atoms with Crippen molar-refractivity contribution in [2.75, 3.05) is 0 Å². The molecular weight excluding hydrogens is 389 g/mol. The lowest BCUT2D eigenvalue weighted by molar-refractivity contribution is 0.528. The minimum atomic E-state index is -0.356. The van der Waals surface area contributed by atoms with Crippen LogP contribution in [0, 0.1) is 5.92 Å². The quantitative estimate of drug-likeness (QED) is 0.420. The van der Waals surface area contributed by atoms with E-state index in [4.69, 9.17) is 39.7 Å². The smallest absolute Gasteiger partial charge is 0.110 e. The molecule has 4 N–H and O–H groups in total. The predicted molar refractivity (Wildman–Crippen MR) is 121 cm³/mol. The predicted octanol–water partition coefficient (Wildman–Crippen LogP) is 6.15. The number of nitrogens with two attached hydrogens (primary N) is 2. The lowest BCUT2D eigenvalue weighted by Crippen LogP contribution is -2.40. The Bertz CT molecular complexity index is 892. The van der Waals surface area contributed by atoms with Gasteiger partial charge >= 0.3 is 0 Å². The van der Waals surface area contributed by atoms with E-state index in [0.717, 1.165) is 42.5 Å². The maximum Gasteiger partial charge on any atom is 0.110 e. The van der Waals surface area contributed by atoms with Gasteiger partial charge in [0, 0.05) is 21.5 Å². The summed E-state index contributed by atoms with van der Waals surface area (Å²) in [5.41, 5.74) is 16.2. The average molecular weight is 416 g/mol. The molecule has 0 aliphatic heterocycles. The lowest BCUT2D eigenvalue weighted by Gasteiger charge is -2.32. The standard InChI is InChI=1S/C23H27Cl2N3/c1-3-23(4-2,16-11-13-17(24)14-12-16)22(27)28-21(15-9-10-15)20(26)18-7-5-6-8-19(18)25/h5-8,11-15H,3-4,9-10,26H2,1-2H3,(H2,27,28)/b21-20-. The van der Waals surface area contributed by atoms with Gasteiger partial charge in [0.25, 0.3) is 0 Å². The Balaban J connectivity index is 2.10. The summed E-state index contributed by atoms with van der Waals surface area (Å²) in [4.78, 5) is 4.93. The van der Waals surface area contributed by atoms with E-state index in [1.165, 1.54) is 0 Å². The molecule has 0 spiro atoms. The Morgan fingerprint density at radius 2 is 1.61 bits per heavy atom. The highest BCUT2D eigenvalue weighted by Crippen LogP contribution is 2.42. The molecule has 1 aliphatic rings. The molecule has 0 amide bonds. The molecule has 2 aromatic rings. The monoisotopic (exact) mass is 415 g/mol. The fraction of sp³-hybridized carbons (Fsp3) is 0.348. The van der Waals surface area contributed by atoms with E-state index < -0.39 is 0 Å². The Hall–Kier alpha value is -1.97. The van der Waals surface area contributed by atoms with Gasteiger partial charge in [-0.2, -0.15) is 0 Å². The van der Waals surface area contributed by atoms with E-state index in [9.17, 15) is 0 Å². The summed E-state index contributed by atoms with van der Waals surface area (Å²) in [6, 6.07) is 15.5. The second-order valence-electron chi connectivity index (χ2n) is 7.35. The van der Waals surface area contributed by atoms with Crippen LogP contribution in [0.25, 0.3) is 5.70 Å².